The van der Waals surface area contributed by atoms with Crippen LogP contribution in [0.5, 0.6) is 0 Å². The number of ether oxygens (including phenoxy) is 4. The lowest BCUT2D eigenvalue weighted by Gasteiger charge is -2.21. The smallest absolute Gasteiger partial charge is 0.462 e. The van der Waals surface area contributed by atoms with Crippen LogP contribution in [0, 0.1) is 11.8 Å². The molecule has 17 nitrogen and oxygen atoms in total. The van der Waals surface area contributed by atoms with Gasteiger partial charge in [-0.15, -0.1) is 0 Å². The molecule has 0 amide bonds. The fourth-order valence-corrected chi connectivity index (χ4v) is 15.3. The number of unbranched alkanes of at least 4 members (excludes halogenated alkanes) is 56. The van der Waals surface area contributed by atoms with Crippen molar-refractivity contribution in [3.63, 3.8) is 0 Å². The normalized spacial score (nSPS) is 14.0. The summed E-state index contributed by atoms with van der Waals surface area (Å²) in [7, 11) is -9.93. The minimum atomic E-state index is -4.97. The van der Waals surface area contributed by atoms with Gasteiger partial charge in [-0.1, -0.05) is 420 Å². The summed E-state index contributed by atoms with van der Waals surface area (Å²) < 4.78 is 69.0. The minimum absolute atomic E-state index is 0.108. The van der Waals surface area contributed by atoms with Gasteiger partial charge in [0.15, 0.2) is 12.2 Å². The minimum Gasteiger partial charge on any atom is -0.462 e. The Morgan fingerprint density at radius 1 is 0.271 bits per heavy atom. The molecule has 0 aromatic rings. The predicted molar refractivity (Wildman–Crippen MR) is 442 cm³/mol. The van der Waals surface area contributed by atoms with E-state index in [1.165, 1.54) is 289 Å². The van der Waals surface area contributed by atoms with Gasteiger partial charge in [0.25, 0.3) is 0 Å². The van der Waals surface area contributed by atoms with E-state index in [-0.39, 0.29) is 25.7 Å². The van der Waals surface area contributed by atoms with E-state index in [1.54, 1.807) is 0 Å². The van der Waals surface area contributed by atoms with Crippen LogP contribution in [0.1, 0.15) is 472 Å². The van der Waals surface area contributed by atoms with Crippen LogP contribution in [0.3, 0.4) is 0 Å². The predicted octanol–water partition coefficient (Wildman–Crippen LogP) is 27.0. The van der Waals surface area contributed by atoms with Crippen LogP contribution in [0.2, 0.25) is 0 Å². The van der Waals surface area contributed by atoms with Crippen molar-refractivity contribution in [2.45, 2.75) is 490 Å². The first kappa shape index (κ1) is 105. The van der Waals surface area contributed by atoms with E-state index in [0.717, 1.165) is 102 Å². The molecule has 0 aromatic heterocycles. The van der Waals surface area contributed by atoms with Crippen molar-refractivity contribution in [2.24, 2.45) is 11.8 Å². The van der Waals surface area contributed by atoms with Crippen molar-refractivity contribution in [2.75, 3.05) is 39.6 Å². The van der Waals surface area contributed by atoms with Crippen LogP contribution < -0.4 is 0 Å². The average Bonchev–Trinajstić information content (AvgIpc) is 0.902. The van der Waals surface area contributed by atoms with E-state index in [4.69, 9.17) is 37.0 Å². The van der Waals surface area contributed by atoms with Crippen LogP contribution in [-0.4, -0.2) is 96.7 Å². The second-order valence-corrected chi connectivity index (χ2v) is 35.3. The zero-order valence-corrected chi connectivity index (χ0v) is 72.2. The summed E-state index contributed by atoms with van der Waals surface area (Å²) in [5.41, 5.74) is 0. The third kappa shape index (κ3) is 80.5. The maximum Gasteiger partial charge on any atom is 0.472 e. The Balaban J connectivity index is 5.24. The van der Waals surface area contributed by atoms with E-state index in [1.807, 2.05) is 0 Å². The first-order chi connectivity index (χ1) is 51.9. The first-order valence-electron chi connectivity index (χ1n) is 45.5. The number of aliphatic hydroxyl groups excluding tert-OH is 1. The quantitative estimate of drug-likeness (QED) is 0.0222. The summed E-state index contributed by atoms with van der Waals surface area (Å²) >= 11 is 0. The SMILES string of the molecule is CCCCCCCCCCCCCCCCCCCCCCCC(=O)O[C@H](COC(=O)CCCCCCCCCCCCCCCCC(C)CC)COP(=O)(O)OC[C@@H](O)COP(=O)(O)OC[C@@H](COC(=O)CCCCCCCCCCCCC)OC(=O)CCCCCCCCCCCCCCCCC(C)C. The lowest BCUT2D eigenvalue weighted by molar-refractivity contribution is -0.161. The van der Waals surface area contributed by atoms with Gasteiger partial charge in [0, 0.05) is 25.7 Å². The summed E-state index contributed by atoms with van der Waals surface area (Å²) in [6.45, 7) is 9.76. The fourth-order valence-electron chi connectivity index (χ4n) is 13.7. The van der Waals surface area contributed by atoms with Gasteiger partial charge in [-0.25, -0.2) is 9.13 Å². The van der Waals surface area contributed by atoms with Crippen molar-refractivity contribution in [3.05, 3.63) is 0 Å². The number of carbonyl (C=O) groups excluding carboxylic acids is 4. The van der Waals surface area contributed by atoms with Gasteiger partial charge in [0.1, 0.15) is 19.3 Å². The molecule has 0 rings (SSSR count). The molecule has 6 atom stereocenters. The maximum atomic E-state index is 13.2. The van der Waals surface area contributed by atoms with E-state index in [2.05, 4.69) is 41.5 Å². The summed E-state index contributed by atoms with van der Waals surface area (Å²) in [6.07, 6.45) is 72.1. The number of hydrogen-bond donors (Lipinski definition) is 3. The second-order valence-electron chi connectivity index (χ2n) is 32.4. The Labute approximate surface area is 658 Å². The highest BCUT2D eigenvalue weighted by Crippen LogP contribution is 2.45. The molecule has 107 heavy (non-hydrogen) atoms. The number of carbonyl (C=O) groups is 4. The van der Waals surface area contributed by atoms with Crippen molar-refractivity contribution in [1.29, 1.82) is 0 Å². The van der Waals surface area contributed by atoms with Crippen LogP contribution in [0.15, 0.2) is 0 Å². The Kier molecular flexibility index (Phi) is 77.9. The molecule has 636 valence electrons. The van der Waals surface area contributed by atoms with Gasteiger partial charge in [-0.2, -0.15) is 0 Å². The average molecular weight is 1560 g/mol. The molecule has 0 aliphatic rings. The van der Waals surface area contributed by atoms with Crippen molar-refractivity contribution < 1.29 is 80.2 Å². The van der Waals surface area contributed by atoms with Gasteiger partial charge in [-0.05, 0) is 37.5 Å². The van der Waals surface area contributed by atoms with Crippen molar-refractivity contribution >= 4 is 39.5 Å². The zero-order chi connectivity index (χ0) is 78.5. The molecular formula is C88H172O17P2. The zero-order valence-electron chi connectivity index (χ0n) is 70.5. The van der Waals surface area contributed by atoms with E-state index in [9.17, 15) is 43.2 Å². The Bertz CT molecular complexity index is 2050. The number of hydrogen-bond acceptors (Lipinski definition) is 15. The summed E-state index contributed by atoms with van der Waals surface area (Å²) in [6, 6.07) is 0. The third-order valence-electron chi connectivity index (χ3n) is 21.1. The second kappa shape index (κ2) is 79.3. The van der Waals surface area contributed by atoms with Crippen molar-refractivity contribution in [1.82, 2.24) is 0 Å². The van der Waals surface area contributed by atoms with Gasteiger partial charge in [0.2, 0.25) is 0 Å². The molecule has 0 heterocycles. The first-order valence-corrected chi connectivity index (χ1v) is 48.5. The van der Waals surface area contributed by atoms with Gasteiger partial charge < -0.3 is 33.8 Å². The van der Waals surface area contributed by atoms with E-state index in [0.29, 0.717) is 25.7 Å². The topological polar surface area (TPSA) is 237 Å². The van der Waals surface area contributed by atoms with E-state index >= 15 is 0 Å². The molecule has 0 radical (unpaired) electrons. The molecule has 0 aliphatic carbocycles. The summed E-state index contributed by atoms with van der Waals surface area (Å²) in [5.74, 6) is -0.453. The summed E-state index contributed by atoms with van der Waals surface area (Å²) in [5, 5.41) is 10.7. The molecule has 3 N–H and O–H groups in total. The molecule has 19 heteroatoms. The van der Waals surface area contributed by atoms with Crippen molar-refractivity contribution in [3.8, 4) is 0 Å². The van der Waals surface area contributed by atoms with Crippen LogP contribution in [-0.2, 0) is 65.4 Å². The van der Waals surface area contributed by atoms with Gasteiger partial charge >= 0.3 is 39.5 Å². The fraction of sp³-hybridized carbons (Fsp3) is 0.955. The van der Waals surface area contributed by atoms with Gasteiger partial charge in [-0.3, -0.25) is 37.3 Å². The Morgan fingerprint density at radius 3 is 0.710 bits per heavy atom. The molecule has 3 unspecified atom stereocenters. The number of rotatable bonds is 87. The number of aliphatic hydroxyl groups is 1. The Hall–Kier alpha value is -1.94. The molecule has 0 aromatic carbocycles. The lowest BCUT2D eigenvalue weighted by atomic mass is 9.99. The Morgan fingerprint density at radius 2 is 0.477 bits per heavy atom. The molecule has 0 saturated heterocycles. The van der Waals surface area contributed by atoms with Crippen LogP contribution in [0.4, 0.5) is 0 Å². The van der Waals surface area contributed by atoms with E-state index < -0.39 is 97.5 Å². The number of phosphoric ester groups is 2. The number of esters is 4. The van der Waals surface area contributed by atoms with Crippen LogP contribution in [0.25, 0.3) is 0 Å². The number of phosphoric acid groups is 2. The third-order valence-corrected chi connectivity index (χ3v) is 23.0. The maximum absolute atomic E-state index is 13.2. The standard InChI is InChI=1S/C88H172O17P2/c1-7-10-12-14-16-18-20-21-22-23-24-25-26-27-28-36-42-48-54-60-66-72-87(92)105-84(77-99-86(91)71-65-59-53-47-41-35-32-30-34-40-45-51-57-63-69-81(6)9-3)79-103-107(96,97)101-75-82(89)74-100-106(94,95)102-78-83(76-98-85(90)70-64-58-52-46-38-19-17-15-13-11-8-2)104-88(93)73-67-61-55-49-43-37-31-29-33-39-44-50-56-62-68-80(4)5/h80-84,89H,7-79H2,1-6H3,(H,94,95)(H,96,97)/t81?,82-,83+,84+/m0/s1. The molecule has 0 aliphatic heterocycles. The summed E-state index contributed by atoms with van der Waals surface area (Å²) in [4.78, 5) is 73.3. The molecule has 0 spiro atoms. The van der Waals surface area contributed by atoms with Crippen LogP contribution >= 0.6 is 15.6 Å². The largest absolute Gasteiger partial charge is 0.472 e. The molecule has 0 bridgehead atoms. The van der Waals surface area contributed by atoms with Gasteiger partial charge in [0.05, 0.1) is 26.4 Å². The highest BCUT2D eigenvalue weighted by Gasteiger charge is 2.31. The molecular weight excluding hydrogens is 1390 g/mol. The highest BCUT2D eigenvalue weighted by molar-refractivity contribution is 7.47. The molecule has 0 saturated carbocycles. The highest BCUT2D eigenvalue weighted by atomic mass is 31.2. The molecule has 0 fully saturated rings. The monoisotopic (exact) mass is 1560 g/mol. The lowest BCUT2D eigenvalue weighted by Crippen LogP contribution is -2.30.